The first-order chi connectivity index (χ1) is 7.51. The quantitative estimate of drug-likeness (QED) is 0.793. The summed E-state index contributed by atoms with van der Waals surface area (Å²) in [5.41, 5.74) is 0. The van der Waals surface area contributed by atoms with Crippen LogP contribution in [-0.4, -0.2) is 44.2 Å². The zero-order valence-corrected chi connectivity index (χ0v) is 10.3. The number of nitrogens with zero attached hydrogens (tertiary/aromatic N) is 2. The largest absolute Gasteiger partial charge is 0.469 e. The lowest BCUT2D eigenvalue weighted by Crippen LogP contribution is -2.38. The predicted molar refractivity (Wildman–Crippen MR) is 60.2 cm³/mol. The van der Waals surface area contributed by atoms with Crippen LogP contribution in [0.4, 0.5) is 0 Å². The fourth-order valence-electron chi connectivity index (χ4n) is 1.92. The SMILES string of the molecule is CN(C)S(=O)(=O)N1CCC(c2ccco2)C1. The first kappa shape index (κ1) is 11.6. The second kappa shape index (κ2) is 4.20. The summed E-state index contributed by atoms with van der Waals surface area (Å²) in [6.07, 6.45) is 2.44. The Hall–Kier alpha value is -0.850. The second-order valence-electron chi connectivity index (χ2n) is 4.15. The monoisotopic (exact) mass is 244 g/mol. The fourth-order valence-corrected chi connectivity index (χ4v) is 3.09. The lowest BCUT2D eigenvalue weighted by Gasteiger charge is -2.20. The van der Waals surface area contributed by atoms with E-state index in [1.54, 1.807) is 20.4 Å². The van der Waals surface area contributed by atoms with Gasteiger partial charge in [-0.2, -0.15) is 17.0 Å². The maximum absolute atomic E-state index is 11.9. The van der Waals surface area contributed by atoms with E-state index in [9.17, 15) is 8.42 Å². The molecule has 90 valence electrons. The third-order valence-electron chi connectivity index (χ3n) is 2.88. The van der Waals surface area contributed by atoms with Crippen molar-refractivity contribution in [3.05, 3.63) is 24.2 Å². The Kier molecular flexibility index (Phi) is 3.05. The molecule has 1 atom stereocenters. The molecule has 1 aromatic heterocycles. The molecule has 0 saturated carbocycles. The van der Waals surface area contributed by atoms with Gasteiger partial charge >= 0.3 is 0 Å². The van der Waals surface area contributed by atoms with Crippen LogP contribution in [0.15, 0.2) is 22.8 Å². The van der Waals surface area contributed by atoms with Gasteiger partial charge < -0.3 is 4.42 Å². The summed E-state index contributed by atoms with van der Waals surface area (Å²) >= 11 is 0. The van der Waals surface area contributed by atoms with Gasteiger partial charge in [0.05, 0.1) is 6.26 Å². The fraction of sp³-hybridized carbons (Fsp3) is 0.600. The molecule has 0 radical (unpaired) electrons. The Labute approximate surface area is 95.8 Å². The van der Waals surface area contributed by atoms with Gasteiger partial charge in [-0.3, -0.25) is 0 Å². The van der Waals surface area contributed by atoms with Gasteiger partial charge in [0.2, 0.25) is 0 Å². The van der Waals surface area contributed by atoms with Crippen molar-refractivity contribution >= 4 is 10.2 Å². The van der Waals surface area contributed by atoms with Crippen LogP contribution in [0.3, 0.4) is 0 Å². The maximum Gasteiger partial charge on any atom is 0.281 e. The van der Waals surface area contributed by atoms with Crippen molar-refractivity contribution in [3.8, 4) is 0 Å². The van der Waals surface area contributed by atoms with Crippen LogP contribution in [0.25, 0.3) is 0 Å². The van der Waals surface area contributed by atoms with E-state index >= 15 is 0 Å². The highest BCUT2D eigenvalue weighted by Gasteiger charge is 2.34. The summed E-state index contributed by atoms with van der Waals surface area (Å²) in [5.74, 6) is 1.06. The topological polar surface area (TPSA) is 53.8 Å². The molecule has 1 saturated heterocycles. The zero-order valence-electron chi connectivity index (χ0n) is 9.46. The van der Waals surface area contributed by atoms with Crippen LogP contribution in [-0.2, 0) is 10.2 Å². The summed E-state index contributed by atoms with van der Waals surface area (Å²) in [6.45, 7) is 1.07. The van der Waals surface area contributed by atoms with E-state index in [2.05, 4.69) is 0 Å². The number of furan rings is 1. The highest BCUT2D eigenvalue weighted by atomic mass is 32.2. The van der Waals surface area contributed by atoms with Crippen LogP contribution in [0.5, 0.6) is 0 Å². The molecule has 0 N–H and O–H groups in total. The van der Waals surface area contributed by atoms with E-state index in [0.717, 1.165) is 12.2 Å². The van der Waals surface area contributed by atoms with Gasteiger partial charge in [-0.15, -0.1) is 0 Å². The smallest absolute Gasteiger partial charge is 0.281 e. The molecule has 2 rings (SSSR count). The van der Waals surface area contributed by atoms with Crippen molar-refractivity contribution < 1.29 is 12.8 Å². The second-order valence-corrected chi connectivity index (χ2v) is 6.29. The third-order valence-corrected chi connectivity index (χ3v) is 4.79. The van der Waals surface area contributed by atoms with Gasteiger partial charge in [0.15, 0.2) is 0 Å². The van der Waals surface area contributed by atoms with E-state index in [-0.39, 0.29) is 5.92 Å². The van der Waals surface area contributed by atoms with Crippen molar-refractivity contribution in [1.82, 2.24) is 8.61 Å². The Morgan fingerprint density at radius 2 is 2.25 bits per heavy atom. The van der Waals surface area contributed by atoms with Crippen LogP contribution in [0.2, 0.25) is 0 Å². The number of hydrogen-bond donors (Lipinski definition) is 0. The summed E-state index contributed by atoms with van der Waals surface area (Å²) in [4.78, 5) is 0. The van der Waals surface area contributed by atoms with Gasteiger partial charge in [0, 0.05) is 33.1 Å². The van der Waals surface area contributed by atoms with E-state index in [1.165, 1.54) is 8.61 Å². The van der Waals surface area contributed by atoms with Crippen molar-refractivity contribution in [2.45, 2.75) is 12.3 Å². The van der Waals surface area contributed by atoms with E-state index in [0.29, 0.717) is 13.1 Å². The molecule has 6 heteroatoms. The summed E-state index contributed by atoms with van der Waals surface area (Å²) in [7, 11) is -0.173. The Morgan fingerprint density at radius 1 is 1.50 bits per heavy atom. The molecule has 0 aliphatic carbocycles. The molecular weight excluding hydrogens is 228 g/mol. The predicted octanol–water partition coefficient (Wildman–Crippen LogP) is 0.875. The summed E-state index contributed by atoms with van der Waals surface area (Å²) < 4.78 is 31.8. The van der Waals surface area contributed by atoms with Crippen LogP contribution in [0, 0.1) is 0 Å². The first-order valence-electron chi connectivity index (χ1n) is 5.23. The van der Waals surface area contributed by atoms with Gasteiger partial charge in [-0.25, -0.2) is 0 Å². The van der Waals surface area contributed by atoms with Crippen molar-refractivity contribution in [3.63, 3.8) is 0 Å². The normalized spacial score (nSPS) is 23.1. The molecule has 0 aromatic carbocycles. The zero-order chi connectivity index (χ0) is 11.8. The molecular formula is C10H16N2O3S. The highest BCUT2D eigenvalue weighted by molar-refractivity contribution is 7.86. The molecule has 0 spiro atoms. The number of hydrogen-bond acceptors (Lipinski definition) is 3. The minimum absolute atomic E-state index is 0.185. The average Bonchev–Trinajstić information content (AvgIpc) is 2.88. The summed E-state index contributed by atoms with van der Waals surface area (Å²) in [5, 5.41) is 0. The van der Waals surface area contributed by atoms with Gasteiger partial charge in [0.25, 0.3) is 10.2 Å². The molecule has 1 fully saturated rings. The Balaban J connectivity index is 2.10. The minimum atomic E-state index is -3.28. The molecule has 5 nitrogen and oxygen atoms in total. The molecule has 1 aliphatic heterocycles. The molecule has 0 bridgehead atoms. The Bertz CT molecular complexity index is 439. The van der Waals surface area contributed by atoms with E-state index < -0.39 is 10.2 Å². The Morgan fingerprint density at radius 3 is 2.81 bits per heavy atom. The van der Waals surface area contributed by atoms with Crippen molar-refractivity contribution in [2.75, 3.05) is 27.2 Å². The summed E-state index contributed by atoms with van der Waals surface area (Å²) in [6, 6.07) is 3.73. The van der Waals surface area contributed by atoms with Crippen LogP contribution >= 0.6 is 0 Å². The van der Waals surface area contributed by atoms with E-state index in [1.807, 2.05) is 12.1 Å². The molecule has 2 heterocycles. The van der Waals surface area contributed by atoms with Gasteiger partial charge in [0.1, 0.15) is 5.76 Å². The van der Waals surface area contributed by atoms with Crippen LogP contribution < -0.4 is 0 Å². The van der Waals surface area contributed by atoms with Crippen LogP contribution in [0.1, 0.15) is 18.1 Å². The lowest BCUT2D eigenvalue weighted by atomic mass is 10.1. The van der Waals surface area contributed by atoms with Gasteiger partial charge in [-0.1, -0.05) is 0 Å². The first-order valence-corrected chi connectivity index (χ1v) is 6.62. The lowest BCUT2D eigenvalue weighted by molar-refractivity contribution is 0.410. The van der Waals surface area contributed by atoms with Crippen molar-refractivity contribution in [2.24, 2.45) is 0 Å². The van der Waals surface area contributed by atoms with E-state index in [4.69, 9.17) is 4.42 Å². The average molecular weight is 244 g/mol. The van der Waals surface area contributed by atoms with Gasteiger partial charge in [-0.05, 0) is 18.6 Å². The minimum Gasteiger partial charge on any atom is -0.469 e. The maximum atomic E-state index is 11.9. The standard InChI is InChI=1S/C10H16N2O3S/c1-11(2)16(13,14)12-6-5-9(8-12)10-4-3-7-15-10/h3-4,7,9H,5-6,8H2,1-2H3. The molecule has 0 amide bonds. The van der Waals surface area contributed by atoms with Crippen molar-refractivity contribution in [1.29, 1.82) is 0 Å². The number of rotatable bonds is 3. The molecule has 1 aliphatic rings. The third kappa shape index (κ3) is 2.00. The molecule has 16 heavy (non-hydrogen) atoms. The highest BCUT2D eigenvalue weighted by Crippen LogP contribution is 2.29. The molecule has 1 aromatic rings. The molecule has 1 unspecified atom stereocenters.